The molecule has 1 amide bonds. The van der Waals surface area contributed by atoms with Gasteiger partial charge in [0.05, 0.1) is 6.61 Å². The number of carbonyl (C=O) groups is 1. The van der Waals surface area contributed by atoms with Crippen molar-refractivity contribution in [1.82, 2.24) is 5.32 Å². The number of nitrogens with one attached hydrogen (secondary N) is 1. The van der Waals surface area contributed by atoms with Crippen molar-refractivity contribution in [3.63, 3.8) is 0 Å². The minimum absolute atomic E-state index is 0.0430. The van der Waals surface area contributed by atoms with E-state index < -0.39 is 13.0 Å². The standard InChI is InChI=1S/C10H18BrF2NO2/c1-8(3-2-5-11)14-10(15)4-6-16-7-9(12)13/h8-9H,2-7H2,1H3,(H,14,15). The normalized spacial score (nSPS) is 12.8. The van der Waals surface area contributed by atoms with Crippen LogP contribution in [0.1, 0.15) is 26.2 Å². The van der Waals surface area contributed by atoms with Gasteiger partial charge in [-0.2, -0.15) is 0 Å². The van der Waals surface area contributed by atoms with Gasteiger partial charge in [0.2, 0.25) is 5.91 Å². The average molecular weight is 302 g/mol. The molecule has 0 radical (unpaired) electrons. The predicted octanol–water partition coefficient (Wildman–Crippen LogP) is 2.34. The summed E-state index contributed by atoms with van der Waals surface area (Å²) >= 11 is 3.31. The third kappa shape index (κ3) is 10.3. The molecule has 0 aromatic rings. The number of amides is 1. The second-order valence-corrected chi connectivity index (χ2v) is 4.31. The zero-order chi connectivity index (χ0) is 12.4. The van der Waals surface area contributed by atoms with E-state index >= 15 is 0 Å². The Hall–Kier alpha value is -0.230. The van der Waals surface area contributed by atoms with Gasteiger partial charge in [-0.15, -0.1) is 0 Å². The van der Waals surface area contributed by atoms with Crippen molar-refractivity contribution >= 4 is 21.8 Å². The molecular formula is C10H18BrF2NO2. The van der Waals surface area contributed by atoms with Crippen LogP contribution in [0.25, 0.3) is 0 Å². The molecule has 0 saturated heterocycles. The smallest absolute Gasteiger partial charge is 0.261 e. The fraction of sp³-hybridized carbons (Fsp3) is 0.900. The van der Waals surface area contributed by atoms with Crippen molar-refractivity contribution in [1.29, 1.82) is 0 Å². The summed E-state index contributed by atoms with van der Waals surface area (Å²) in [6.45, 7) is 1.36. The first kappa shape index (κ1) is 15.8. The van der Waals surface area contributed by atoms with Crippen LogP contribution in [0.3, 0.4) is 0 Å². The zero-order valence-electron chi connectivity index (χ0n) is 9.35. The highest BCUT2D eigenvalue weighted by molar-refractivity contribution is 9.09. The molecule has 0 aliphatic rings. The zero-order valence-corrected chi connectivity index (χ0v) is 10.9. The number of halogens is 3. The minimum atomic E-state index is -2.47. The monoisotopic (exact) mass is 301 g/mol. The molecule has 16 heavy (non-hydrogen) atoms. The van der Waals surface area contributed by atoms with Gasteiger partial charge in [-0.1, -0.05) is 15.9 Å². The highest BCUT2D eigenvalue weighted by Gasteiger charge is 2.07. The Kier molecular flexibility index (Phi) is 9.82. The lowest BCUT2D eigenvalue weighted by Crippen LogP contribution is -2.33. The van der Waals surface area contributed by atoms with E-state index in [1.165, 1.54) is 0 Å². The van der Waals surface area contributed by atoms with E-state index in [4.69, 9.17) is 0 Å². The first-order valence-corrected chi connectivity index (χ1v) is 6.39. The second-order valence-electron chi connectivity index (χ2n) is 3.52. The van der Waals surface area contributed by atoms with E-state index in [-0.39, 0.29) is 25.0 Å². The molecule has 0 rings (SSSR count). The summed E-state index contributed by atoms with van der Waals surface area (Å²) in [5.74, 6) is -0.156. The minimum Gasteiger partial charge on any atom is -0.375 e. The molecule has 0 saturated carbocycles. The third-order valence-corrected chi connectivity index (χ3v) is 2.46. The Labute approximate surface area is 103 Å². The third-order valence-electron chi connectivity index (χ3n) is 1.90. The van der Waals surface area contributed by atoms with E-state index in [2.05, 4.69) is 26.0 Å². The number of carbonyl (C=O) groups excluding carboxylic acids is 1. The van der Waals surface area contributed by atoms with Crippen molar-refractivity contribution in [3.8, 4) is 0 Å². The van der Waals surface area contributed by atoms with Crippen molar-refractivity contribution in [2.24, 2.45) is 0 Å². The Bertz CT molecular complexity index is 194. The van der Waals surface area contributed by atoms with Crippen molar-refractivity contribution in [3.05, 3.63) is 0 Å². The fourth-order valence-electron chi connectivity index (χ4n) is 1.14. The summed E-state index contributed by atoms with van der Waals surface area (Å²) in [7, 11) is 0. The molecule has 6 heteroatoms. The first-order valence-electron chi connectivity index (χ1n) is 5.27. The summed E-state index contributed by atoms with van der Waals surface area (Å²) in [4.78, 5) is 11.3. The number of hydrogen-bond donors (Lipinski definition) is 1. The second kappa shape index (κ2) is 9.96. The Morgan fingerprint density at radius 3 is 2.75 bits per heavy atom. The molecule has 1 atom stereocenters. The highest BCUT2D eigenvalue weighted by atomic mass is 79.9. The van der Waals surface area contributed by atoms with Crippen molar-refractivity contribution < 1.29 is 18.3 Å². The lowest BCUT2D eigenvalue weighted by Gasteiger charge is -2.13. The van der Waals surface area contributed by atoms with Gasteiger partial charge in [0, 0.05) is 17.8 Å². The van der Waals surface area contributed by atoms with Gasteiger partial charge in [-0.3, -0.25) is 4.79 Å². The van der Waals surface area contributed by atoms with Gasteiger partial charge in [-0.25, -0.2) is 8.78 Å². The summed E-state index contributed by atoms with van der Waals surface area (Å²) < 4.78 is 28.0. The number of alkyl halides is 3. The van der Waals surface area contributed by atoms with Gasteiger partial charge < -0.3 is 10.1 Å². The first-order chi connectivity index (χ1) is 7.56. The summed E-state index contributed by atoms with van der Waals surface area (Å²) in [5, 5.41) is 3.68. The molecule has 96 valence electrons. The maximum Gasteiger partial charge on any atom is 0.261 e. The molecule has 0 aliphatic carbocycles. The average Bonchev–Trinajstić information content (AvgIpc) is 2.21. The van der Waals surface area contributed by atoms with Crippen LogP contribution in [-0.4, -0.2) is 36.9 Å². The largest absolute Gasteiger partial charge is 0.375 e. The molecule has 0 bridgehead atoms. The van der Waals surface area contributed by atoms with Crippen LogP contribution in [0.5, 0.6) is 0 Å². The molecule has 0 heterocycles. The van der Waals surface area contributed by atoms with Crippen LogP contribution in [0.2, 0.25) is 0 Å². The van der Waals surface area contributed by atoms with E-state index in [0.29, 0.717) is 0 Å². The van der Waals surface area contributed by atoms with Crippen molar-refractivity contribution in [2.45, 2.75) is 38.7 Å². The molecule has 0 aromatic heterocycles. The van der Waals surface area contributed by atoms with Crippen LogP contribution in [0, 0.1) is 0 Å². The van der Waals surface area contributed by atoms with Gasteiger partial charge in [-0.05, 0) is 19.8 Å². The van der Waals surface area contributed by atoms with Crippen LogP contribution < -0.4 is 5.32 Å². The lowest BCUT2D eigenvalue weighted by atomic mass is 10.2. The molecule has 1 unspecified atom stereocenters. The molecule has 0 spiro atoms. The molecule has 0 aromatic carbocycles. The van der Waals surface area contributed by atoms with Gasteiger partial charge in [0.25, 0.3) is 6.43 Å². The van der Waals surface area contributed by atoms with E-state index in [9.17, 15) is 13.6 Å². The van der Waals surface area contributed by atoms with E-state index in [1.807, 2.05) is 6.92 Å². The molecule has 0 fully saturated rings. The van der Waals surface area contributed by atoms with Crippen LogP contribution in [0.15, 0.2) is 0 Å². The number of rotatable bonds is 9. The highest BCUT2D eigenvalue weighted by Crippen LogP contribution is 2.00. The number of hydrogen-bond acceptors (Lipinski definition) is 2. The summed E-state index contributed by atoms with van der Waals surface area (Å²) in [6, 6.07) is 0.111. The predicted molar refractivity (Wildman–Crippen MR) is 62.1 cm³/mol. The molecule has 0 aliphatic heterocycles. The Morgan fingerprint density at radius 2 is 2.19 bits per heavy atom. The van der Waals surface area contributed by atoms with E-state index in [1.54, 1.807) is 0 Å². The van der Waals surface area contributed by atoms with Crippen LogP contribution in [0.4, 0.5) is 8.78 Å². The van der Waals surface area contributed by atoms with Crippen LogP contribution >= 0.6 is 15.9 Å². The molecule has 3 nitrogen and oxygen atoms in total. The Balaban J connectivity index is 3.43. The van der Waals surface area contributed by atoms with Crippen molar-refractivity contribution in [2.75, 3.05) is 18.5 Å². The Morgan fingerprint density at radius 1 is 1.50 bits per heavy atom. The maximum atomic E-state index is 11.7. The quantitative estimate of drug-likeness (QED) is 0.524. The molecular weight excluding hydrogens is 284 g/mol. The summed E-state index contributed by atoms with van der Waals surface area (Å²) in [6.07, 6.45) is -0.454. The van der Waals surface area contributed by atoms with Gasteiger partial charge in [0.15, 0.2) is 0 Å². The number of ether oxygens (including phenoxy) is 1. The maximum absolute atomic E-state index is 11.7. The van der Waals surface area contributed by atoms with Gasteiger partial charge in [0.1, 0.15) is 6.61 Å². The lowest BCUT2D eigenvalue weighted by molar-refractivity contribution is -0.123. The van der Waals surface area contributed by atoms with Crippen LogP contribution in [-0.2, 0) is 9.53 Å². The fourth-order valence-corrected chi connectivity index (χ4v) is 1.46. The topological polar surface area (TPSA) is 38.3 Å². The van der Waals surface area contributed by atoms with Gasteiger partial charge >= 0.3 is 0 Å². The SMILES string of the molecule is CC(CCCBr)NC(=O)CCOCC(F)F. The molecule has 1 N–H and O–H groups in total. The van der Waals surface area contributed by atoms with E-state index in [0.717, 1.165) is 18.2 Å². The summed E-state index contributed by atoms with van der Waals surface area (Å²) in [5.41, 5.74) is 0.